The zero-order valence-electron chi connectivity index (χ0n) is 10.3. The van der Waals surface area contributed by atoms with Gasteiger partial charge in [-0.1, -0.05) is 54.6 Å². The van der Waals surface area contributed by atoms with Crippen LogP contribution in [0.2, 0.25) is 0 Å². The van der Waals surface area contributed by atoms with E-state index in [-0.39, 0.29) is 5.92 Å². The molecule has 0 aromatic heterocycles. The van der Waals surface area contributed by atoms with E-state index in [1.165, 1.54) is 16.7 Å². The lowest BCUT2D eigenvalue weighted by atomic mass is 9.86. The average Bonchev–Trinajstić information content (AvgIpc) is 2.60. The quantitative estimate of drug-likeness (QED) is 0.690. The molecule has 2 aromatic rings. The number of aryl methyl sites for hydroxylation is 1. The molecule has 1 aliphatic carbocycles. The van der Waals surface area contributed by atoms with E-state index >= 15 is 0 Å². The van der Waals surface area contributed by atoms with E-state index in [0.717, 1.165) is 6.42 Å². The number of ketones is 1. The summed E-state index contributed by atoms with van der Waals surface area (Å²) >= 11 is 0. The monoisotopic (exact) mass is 236 g/mol. The number of fused-ring (bicyclic) bond motifs is 1. The van der Waals surface area contributed by atoms with E-state index in [4.69, 9.17) is 0 Å². The van der Waals surface area contributed by atoms with Crippen LogP contribution in [0.5, 0.6) is 0 Å². The maximum Gasteiger partial charge on any atom is 0.134 e. The first-order chi connectivity index (χ1) is 8.84. The van der Waals surface area contributed by atoms with Gasteiger partial charge in [0.1, 0.15) is 5.78 Å². The van der Waals surface area contributed by atoms with Crippen molar-refractivity contribution >= 4 is 5.78 Å². The Kier molecular flexibility index (Phi) is 2.97. The third-order valence-corrected chi connectivity index (χ3v) is 3.74. The maximum atomic E-state index is 11.9. The molecule has 1 unspecified atom stereocenters. The smallest absolute Gasteiger partial charge is 0.134 e. The Hall–Kier alpha value is -1.89. The molecule has 0 radical (unpaired) electrons. The van der Waals surface area contributed by atoms with Crippen LogP contribution < -0.4 is 0 Å². The molecule has 3 rings (SSSR count). The van der Waals surface area contributed by atoms with Gasteiger partial charge in [-0.05, 0) is 23.1 Å². The number of Topliss-reactive ketones (excluding diaryl/α,β-unsaturated/α-hetero) is 1. The van der Waals surface area contributed by atoms with Gasteiger partial charge in [0.05, 0.1) is 0 Å². The molecule has 0 spiro atoms. The lowest BCUT2D eigenvalue weighted by Gasteiger charge is -2.17. The second-order valence-corrected chi connectivity index (χ2v) is 4.90. The average molecular weight is 236 g/mol. The Balaban J connectivity index is 2.09. The predicted molar refractivity (Wildman–Crippen MR) is 72.7 cm³/mol. The molecule has 0 saturated heterocycles. The summed E-state index contributed by atoms with van der Waals surface area (Å²) in [7, 11) is 0. The van der Waals surface area contributed by atoms with E-state index in [2.05, 4.69) is 36.4 Å². The molecule has 1 atom stereocenters. The Morgan fingerprint density at radius 1 is 0.833 bits per heavy atom. The summed E-state index contributed by atoms with van der Waals surface area (Å²) in [6.45, 7) is 0. The van der Waals surface area contributed by atoms with Crippen molar-refractivity contribution in [2.24, 2.45) is 0 Å². The van der Waals surface area contributed by atoms with E-state index in [0.29, 0.717) is 18.6 Å². The van der Waals surface area contributed by atoms with E-state index in [9.17, 15) is 4.79 Å². The third kappa shape index (κ3) is 2.08. The van der Waals surface area contributed by atoms with Crippen molar-refractivity contribution in [2.45, 2.75) is 25.2 Å². The molecule has 1 heteroatoms. The number of carbonyl (C=O) groups is 1. The van der Waals surface area contributed by atoms with Crippen LogP contribution in [0, 0.1) is 0 Å². The normalized spacial score (nSPS) is 19.1. The first kappa shape index (κ1) is 11.2. The van der Waals surface area contributed by atoms with Crippen LogP contribution in [0.4, 0.5) is 0 Å². The molecule has 1 nitrogen and oxygen atoms in total. The lowest BCUT2D eigenvalue weighted by molar-refractivity contribution is -0.119. The maximum absolute atomic E-state index is 11.9. The highest BCUT2D eigenvalue weighted by Gasteiger charge is 2.23. The fraction of sp³-hybridized carbons (Fsp3) is 0.235. The van der Waals surface area contributed by atoms with Gasteiger partial charge in [-0.25, -0.2) is 0 Å². The number of carbonyl (C=O) groups excluding carboxylic acids is 1. The highest BCUT2D eigenvalue weighted by molar-refractivity contribution is 5.81. The van der Waals surface area contributed by atoms with Gasteiger partial charge in [0, 0.05) is 18.8 Å². The van der Waals surface area contributed by atoms with E-state index in [1.807, 2.05) is 18.2 Å². The van der Waals surface area contributed by atoms with E-state index in [1.54, 1.807) is 0 Å². The SMILES string of the molecule is O=C1CCc2ccccc2C(c2ccccc2)C1. The van der Waals surface area contributed by atoms with Gasteiger partial charge in [-0.15, -0.1) is 0 Å². The fourth-order valence-electron chi connectivity index (χ4n) is 2.80. The summed E-state index contributed by atoms with van der Waals surface area (Å²) in [6, 6.07) is 18.8. The minimum absolute atomic E-state index is 0.234. The molecule has 0 fully saturated rings. The molecule has 0 bridgehead atoms. The molecule has 0 heterocycles. The van der Waals surface area contributed by atoms with Crippen molar-refractivity contribution in [1.29, 1.82) is 0 Å². The fourth-order valence-corrected chi connectivity index (χ4v) is 2.80. The number of hydrogen-bond donors (Lipinski definition) is 0. The van der Waals surface area contributed by atoms with Gasteiger partial charge in [-0.3, -0.25) is 4.79 Å². The van der Waals surface area contributed by atoms with Crippen LogP contribution in [0.1, 0.15) is 35.4 Å². The predicted octanol–water partition coefficient (Wildman–Crippen LogP) is 3.72. The first-order valence-electron chi connectivity index (χ1n) is 6.49. The summed E-state index contributed by atoms with van der Waals surface area (Å²) in [4.78, 5) is 11.9. The molecule has 90 valence electrons. The minimum atomic E-state index is 0.234. The second kappa shape index (κ2) is 4.77. The van der Waals surface area contributed by atoms with Crippen molar-refractivity contribution in [2.75, 3.05) is 0 Å². The summed E-state index contributed by atoms with van der Waals surface area (Å²) in [6.07, 6.45) is 2.21. The number of hydrogen-bond acceptors (Lipinski definition) is 1. The molecule has 18 heavy (non-hydrogen) atoms. The summed E-state index contributed by atoms with van der Waals surface area (Å²) in [5.41, 5.74) is 3.91. The number of benzene rings is 2. The Morgan fingerprint density at radius 3 is 2.39 bits per heavy atom. The van der Waals surface area contributed by atoms with Gasteiger partial charge >= 0.3 is 0 Å². The zero-order valence-corrected chi connectivity index (χ0v) is 10.3. The second-order valence-electron chi connectivity index (χ2n) is 4.90. The van der Waals surface area contributed by atoms with Gasteiger partial charge in [-0.2, -0.15) is 0 Å². The van der Waals surface area contributed by atoms with Crippen molar-refractivity contribution in [1.82, 2.24) is 0 Å². The molecular formula is C17H16O. The van der Waals surface area contributed by atoms with Crippen molar-refractivity contribution < 1.29 is 4.79 Å². The van der Waals surface area contributed by atoms with Crippen LogP contribution in [-0.4, -0.2) is 5.78 Å². The minimum Gasteiger partial charge on any atom is -0.300 e. The largest absolute Gasteiger partial charge is 0.300 e. The van der Waals surface area contributed by atoms with Crippen LogP contribution in [0.15, 0.2) is 54.6 Å². The molecule has 0 N–H and O–H groups in total. The molecule has 0 saturated carbocycles. The molecule has 1 aliphatic rings. The standard InChI is InChI=1S/C17H16O/c18-15-11-10-14-8-4-5-9-16(14)17(12-15)13-6-2-1-3-7-13/h1-9,17H,10-12H2. The van der Waals surface area contributed by atoms with Gasteiger partial charge in [0.15, 0.2) is 0 Å². The van der Waals surface area contributed by atoms with Crippen LogP contribution in [0.25, 0.3) is 0 Å². The zero-order chi connectivity index (χ0) is 12.4. The van der Waals surface area contributed by atoms with E-state index < -0.39 is 0 Å². The third-order valence-electron chi connectivity index (χ3n) is 3.74. The van der Waals surface area contributed by atoms with Crippen molar-refractivity contribution in [3.63, 3.8) is 0 Å². The van der Waals surface area contributed by atoms with Crippen LogP contribution in [0.3, 0.4) is 0 Å². The number of rotatable bonds is 1. The Bertz CT molecular complexity index is 557. The molecule has 0 amide bonds. The molecular weight excluding hydrogens is 220 g/mol. The Labute approximate surface area is 107 Å². The summed E-state index contributed by atoms with van der Waals surface area (Å²) < 4.78 is 0. The van der Waals surface area contributed by atoms with Crippen LogP contribution in [-0.2, 0) is 11.2 Å². The highest BCUT2D eigenvalue weighted by atomic mass is 16.1. The summed E-state index contributed by atoms with van der Waals surface area (Å²) in [5, 5.41) is 0. The van der Waals surface area contributed by atoms with Gasteiger partial charge in [0.25, 0.3) is 0 Å². The van der Waals surface area contributed by atoms with Gasteiger partial charge in [0.2, 0.25) is 0 Å². The topological polar surface area (TPSA) is 17.1 Å². The van der Waals surface area contributed by atoms with Gasteiger partial charge < -0.3 is 0 Å². The summed E-state index contributed by atoms with van der Waals surface area (Å²) in [5.74, 6) is 0.609. The van der Waals surface area contributed by atoms with Crippen LogP contribution >= 0.6 is 0 Å². The first-order valence-corrected chi connectivity index (χ1v) is 6.49. The van der Waals surface area contributed by atoms with Crippen molar-refractivity contribution in [3.8, 4) is 0 Å². The molecule has 0 aliphatic heterocycles. The van der Waals surface area contributed by atoms with Crippen molar-refractivity contribution in [3.05, 3.63) is 71.3 Å². The highest BCUT2D eigenvalue weighted by Crippen LogP contribution is 2.34. The molecule has 2 aromatic carbocycles. The Morgan fingerprint density at radius 2 is 1.56 bits per heavy atom. The lowest BCUT2D eigenvalue weighted by Crippen LogP contribution is -2.06.